The van der Waals surface area contributed by atoms with Gasteiger partial charge < -0.3 is 4.90 Å². The predicted octanol–water partition coefficient (Wildman–Crippen LogP) is 13.7. The fourth-order valence-electron chi connectivity index (χ4n) is 8.50. The summed E-state index contributed by atoms with van der Waals surface area (Å²) in [6, 6.07) is 65.1. The molecule has 1 heteroatoms. The maximum absolute atomic E-state index is 2.48. The zero-order chi connectivity index (χ0) is 33.4. The number of hydrogen-bond donors (Lipinski definition) is 0. The molecule has 0 saturated heterocycles. The lowest BCUT2D eigenvalue weighted by molar-refractivity contribution is 0.660. The second kappa shape index (κ2) is 10.9. The van der Waals surface area contributed by atoms with Crippen molar-refractivity contribution in [3.8, 4) is 22.3 Å². The molecule has 0 unspecified atom stereocenters. The van der Waals surface area contributed by atoms with E-state index in [1.165, 1.54) is 82.2 Å². The molecule has 9 aromatic rings. The molecule has 0 fully saturated rings. The van der Waals surface area contributed by atoms with Crippen molar-refractivity contribution in [3.63, 3.8) is 0 Å². The Hall–Kier alpha value is -6.18. The Bertz CT molecular complexity index is 2800. The average molecular weight is 638 g/mol. The summed E-state index contributed by atoms with van der Waals surface area (Å²) in [7, 11) is 0. The van der Waals surface area contributed by atoms with E-state index in [9.17, 15) is 0 Å². The maximum Gasteiger partial charge on any atom is 0.0543 e. The van der Waals surface area contributed by atoms with Gasteiger partial charge in [-0.15, -0.1) is 0 Å². The zero-order valence-electron chi connectivity index (χ0n) is 28.2. The van der Waals surface area contributed by atoms with E-state index < -0.39 is 0 Å². The smallest absolute Gasteiger partial charge is 0.0543 e. The molecule has 0 aromatic heterocycles. The number of nitrogens with zero attached hydrogens (tertiary/aromatic N) is 1. The minimum Gasteiger partial charge on any atom is -0.310 e. The van der Waals surface area contributed by atoms with Crippen LogP contribution in [0.25, 0.3) is 65.3 Å². The molecule has 1 aliphatic rings. The lowest BCUT2D eigenvalue weighted by atomic mass is 9.82. The van der Waals surface area contributed by atoms with E-state index in [1.807, 2.05) is 0 Å². The molecule has 0 aliphatic heterocycles. The fourth-order valence-corrected chi connectivity index (χ4v) is 8.50. The summed E-state index contributed by atoms with van der Waals surface area (Å²) < 4.78 is 0. The zero-order valence-corrected chi connectivity index (χ0v) is 28.2. The highest BCUT2D eigenvalue weighted by molar-refractivity contribution is 6.20. The fraction of sp³-hybridized carbons (Fsp3) is 0.0612. The van der Waals surface area contributed by atoms with Gasteiger partial charge in [0.1, 0.15) is 0 Å². The minimum atomic E-state index is -0.0933. The molecule has 236 valence electrons. The van der Waals surface area contributed by atoms with E-state index in [0.29, 0.717) is 0 Å². The Kier molecular flexibility index (Phi) is 6.29. The third-order valence-corrected chi connectivity index (χ3v) is 11.0. The van der Waals surface area contributed by atoms with Gasteiger partial charge in [-0.05, 0) is 107 Å². The Labute approximate surface area is 292 Å². The van der Waals surface area contributed by atoms with Gasteiger partial charge >= 0.3 is 0 Å². The Morgan fingerprint density at radius 1 is 0.400 bits per heavy atom. The van der Waals surface area contributed by atoms with E-state index in [-0.39, 0.29) is 5.41 Å². The highest BCUT2D eigenvalue weighted by atomic mass is 15.1. The highest BCUT2D eigenvalue weighted by Crippen LogP contribution is 2.54. The molecule has 0 N–H and O–H groups in total. The van der Waals surface area contributed by atoms with Crippen LogP contribution in [0.1, 0.15) is 25.0 Å². The number of rotatable bonds is 4. The van der Waals surface area contributed by atoms with Crippen LogP contribution in [0.3, 0.4) is 0 Å². The van der Waals surface area contributed by atoms with Crippen LogP contribution in [0.2, 0.25) is 0 Å². The number of hydrogen-bond acceptors (Lipinski definition) is 1. The second-order valence-electron chi connectivity index (χ2n) is 14.2. The molecular formula is C49H35N. The molecule has 1 aliphatic carbocycles. The average Bonchev–Trinajstić information content (AvgIpc) is 3.41. The lowest BCUT2D eigenvalue weighted by Gasteiger charge is -2.29. The SMILES string of the molecule is CC1(C)c2ccccc2-c2c(N(c3cccc(-c4ccc5ccccc5c4)c3)c3ccc4c(ccc5ccc6ccccc6c54)c3)cccc21. The molecule has 1 nitrogen and oxygen atoms in total. The molecule has 10 rings (SSSR count). The summed E-state index contributed by atoms with van der Waals surface area (Å²) in [5.41, 5.74) is 11.2. The van der Waals surface area contributed by atoms with Crippen molar-refractivity contribution in [1.29, 1.82) is 0 Å². The summed E-state index contributed by atoms with van der Waals surface area (Å²) in [6.45, 7) is 4.72. The van der Waals surface area contributed by atoms with Gasteiger partial charge in [-0.3, -0.25) is 0 Å². The third kappa shape index (κ3) is 4.33. The van der Waals surface area contributed by atoms with Crippen LogP contribution in [0, 0.1) is 0 Å². The Balaban J connectivity index is 1.22. The van der Waals surface area contributed by atoms with E-state index in [4.69, 9.17) is 0 Å². The Morgan fingerprint density at radius 2 is 1.04 bits per heavy atom. The van der Waals surface area contributed by atoms with Crippen molar-refractivity contribution in [3.05, 3.63) is 187 Å². The first-order valence-electron chi connectivity index (χ1n) is 17.5. The quantitative estimate of drug-likeness (QED) is 0.174. The number of fused-ring (bicyclic) bond motifs is 9. The van der Waals surface area contributed by atoms with Crippen molar-refractivity contribution in [2.45, 2.75) is 19.3 Å². The predicted molar refractivity (Wildman–Crippen MR) is 214 cm³/mol. The lowest BCUT2D eigenvalue weighted by Crippen LogP contribution is -2.16. The van der Waals surface area contributed by atoms with Crippen LogP contribution in [0.4, 0.5) is 17.1 Å². The van der Waals surface area contributed by atoms with E-state index in [0.717, 1.165) is 11.4 Å². The van der Waals surface area contributed by atoms with E-state index in [1.54, 1.807) is 0 Å². The monoisotopic (exact) mass is 637 g/mol. The van der Waals surface area contributed by atoms with Gasteiger partial charge in [-0.25, -0.2) is 0 Å². The molecule has 50 heavy (non-hydrogen) atoms. The first kappa shape index (κ1) is 28.8. The van der Waals surface area contributed by atoms with Gasteiger partial charge in [-0.2, -0.15) is 0 Å². The van der Waals surface area contributed by atoms with Crippen molar-refractivity contribution in [2.75, 3.05) is 4.90 Å². The molecule has 0 spiro atoms. The summed E-state index contributed by atoms with van der Waals surface area (Å²) in [5.74, 6) is 0. The molecule has 0 saturated carbocycles. The van der Waals surface area contributed by atoms with Crippen molar-refractivity contribution in [1.82, 2.24) is 0 Å². The van der Waals surface area contributed by atoms with Gasteiger partial charge in [0.05, 0.1) is 5.69 Å². The summed E-state index contributed by atoms with van der Waals surface area (Å²) >= 11 is 0. The topological polar surface area (TPSA) is 3.24 Å². The van der Waals surface area contributed by atoms with Crippen molar-refractivity contribution >= 4 is 60.2 Å². The molecule has 0 amide bonds. The minimum absolute atomic E-state index is 0.0933. The van der Waals surface area contributed by atoms with Crippen LogP contribution in [-0.2, 0) is 5.41 Å². The summed E-state index contributed by atoms with van der Waals surface area (Å²) in [6.07, 6.45) is 0. The van der Waals surface area contributed by atoms with Gasteiger partial charge in [0, 0.05) is 22.4 Å². The standard InChI is InChI=1S/C49H35N/c1-49(2)44-18-8-7-17-43(44)48-45(49)19-10-20-46(48)50(39-15-9-14-36(30-39)37-25-21-32-11-3-4-13-35(32)29-37)40-27-28-42-38(31-40)26-24-34-23-22-33-12-5-6-16-41(33)47(34)42/h3-31H,1-2H3. The Morgan fingerprint density at radius 3 is 1.94 bits per heavy atom. The second-order valence-corrected chi connectivity index (χ2v) is 14.2. The van der Waals surface area contributed by atoms with Gasteiger partial charge in [-0.1, -0.05) is 153 Å². The van der Waals surface area contributed by atoms with Crippen LogP contribution in [0.5, 0.6) is 0 Å². The molecular weight excluding hydrogens is 603 g/mol. The first-order chi connectivity index (χ1) is 24.5. The van der Waals surface area contributed by atoms with Crippen LogP contribution in [-0.4, -0.2) is 0 Å². The number of anilines is 3. The first-order valence-corrected chi connectivity index (χ1v) is 17.5. The molecule has 0 radical (unpaired) electrons. The molecule has 0 atom stereocenters. The van der Waals surface area contributed by atoms with Gasteiger partial charge in [0.15, 0.2) is 0 Å². The third-order valence-electron chi connectivity index (χ3n) is 11.0. The van der Waals surface area contributed by atoms with Crippen molar-refractivity contribution < 1.29 is 0 Å². The molecule has 0 bridgehead atoms. The van der Waals surface area contributed by atoms with Crippen LogP contribution < -0.4 is 4.90 Å². The van der Waals surface area contributed by atoms with Crippen LogP contribution >= 0.6 is 0 Å². The number of benzene rings is 9. The van der Waals surface area contributed by atoms with Gasteiger partial charge in [0.2, 0.25) is 0 Å². The van der Waals surface area contributed by atoms with E-state index in [2.05, 4.69) is 195 Å². The normalized spacial score (nSPS) is 13.2. The highest BCUT2D eigenvalue weighted by Gasteiger charge is 2.37. The van der Waals surface area contributed by atoms with E-state index >= 15 is 0 Å². The summed E-state index contributed by atoms with van der Waals surface area (Å²) in [5, 5.41) is 10.2. The largest absolute Gasteiger partial charge is 0.310 e. The molecule has 9 aromatic carbocycles. The molecule has 0 heterocycles. The summed E-state index contributed by atoms with van der Waals surface area (Å²) in [4.78, 5) is 2.48. The maximum atomic E-state index is 2.48. The van der Waals surface area contributed by atoms with Crippen LogP contribution in [0.15, 0.2) is 176 Å². The van der Waals surface area contributed by atoms with Gasteiger partial charge in [0.25, 0.3) is 0 Å². The van der Waals surface area contributed by atoms with Crippen molar-refractivity contribution in [2.24, 2.45) is 0 Å².